The number of halogens is 1. The Kier molecular flexibility index (Phi) is 23.9. The van der Waals surface area contributed by atoms with Crippen LogP contribution in [0.3, 0.4) is 0 Å². The maximum atomic E-state index is 9.26. The Bertz CT molecular complexity index is 305. The van der Waals surface area contributed by atoms with Crippen LogP contribution in [0.5, 0.6) is 0 Å². The molecule has 0 bridgehead atoms. The van der Waals surface area contributed by atoms with Crippen LogP contribution < -0.4 is 5.32 Å². The van der Waals surface area contributed by atoms with Crippen LogP contribution in [-0.4, -0.2) is 36.0 Å². The molecular weight excluding hydrogens is 358 g/mol. The lowest BCUT2D eigenvalue weighted by atomic mass is 9.86. The molecule has 0 aliphatic carbocycles. The van der Waals surface area contributed by atoms with Crippen molar-refractivity contribution in [2.45, 2.75) is 115 Å². The summed E-state index contributed by atoms with van der Waals surface area (Å²) in [5, 5.41) is 21.9. The number of unbranched alkanes of at least 4 members (excludes halogenated alkanes) is 11. The summed E-state index contributed by atoms with van der Waals surface area (Å²) in [4.78, 5) is 0. The first-order chi connectivity index (χ1) is 12.7. The van der Waals surface area contributed by atoms with E-state index in [0.29, 0.717) is 0 Å². The van der Waals surface area contributed by atoms with E-state index in [1.165, 1.54) is 83.5 Å². The number of aliphatic hydroxyl groups is 2. The molecule has 3 N–H and O–H groups in total. The third-order valence-corrected chi connectivity index (χ3v) is 5.63. The highest BCUT2D eigenvalue weighted by Gasteiger charge is 2.26. The van der Waals surface area contributed by atoms with Gasteiger partial charge in [-0.15, -0.1) is 12.4 Å². The van der Waals surface area contributed by atoms with E-state index >= 15 is 0 Å². The lowest BCUT2D eigenvalue weighted by Gasteiger charge is -2.33. The maximum Gasteiger partial charge on any atom is 0.0448 e. The van der Waals surface area contributed by atoms with E-state index in [1.54, 1.807) is 0 Å². The Morgan fingerprint density at radius 3 is 1.56 bits per heavy atom. The fraction of sp³-hybridized carbons (Fsp3) is 0.913. The zero-order valence-electron chi connectivity index (χ0n) is 18.2. The lowest BCUT2D eigenvalue weighted by Crippen LogP contribution is -2.44. The highest BCUT2D eigenvalue weighted by molar-refractivity contribution is 5.85. The second-order valence-corrected chi connectivity index (χ2v) is 7.81. The van der Waals surface area contributed by atoms with Gasteiger partial charge in [-0.2, -0.15) is 0 Å². The van der Waals surface area contributed by atoms with Crippen molar-refractivity contribution in [3.63, 3.8) is 0 Å². The molecule has 0 amide bonds. The molecule has 0 saturated heterocycles. The van der Waals surface area contributed by atoms with Gasteiger partial charge in [-0.3, -0.25) is 0 Å². The van der Waals surface area contributed by atoms with Crippen LogP contribution in [0, 0.1) is 0 Å². The molecule has 0 atom stereocenters. The van der Waals surface area contributed by atoms with Crippen molar-refractivity contribution >= 4 is 12.4 Å². The van der Waals surface area contributed by atoms with Crippen LogP contribution in [0.1, 0.15) is 110 Å². The van der Waals surface area contributed by atoms with Gasteiger partial charge in [-0.25, -0.2) is 0 Å². The largest absolute Gasteiger partial charge is 0.396 e. The second kappa shape index (κ2) is 22.2. The quantitative estimate of drug-likeness (QED) is 0.168. The van der Waals surface area contributed by atoms with Gasteiger partial charge in [0.1, 0.15) is 0 Å². The van der Waals surface area contributed by atoms with Crippen LogP contribution in [-0.2, 0) is 0 Å². The molecule has 0 fully saturated rings. The summed E-state index contributed by atoms with van der Waals surface area (Å²) >= 11 is 0. The van der Waals surface area contributed by atoms with E-state index in [4.69, 9.17) is 0 Å². The Labute approximate surface area is 175 Å². The maximum absolute atomic E-state index is 9.26. The molecule has 0 rings (SSSR count). The van der Waals surface area contributed by atoms with Crippen molar-refractivity contribution in [2.24, 2.45) is 0 Å². The fourth-order valence-corrected chi connectivity index (χ4v) is 3.71. The van der Waals surface area contributed by atoms with E-state index in [9.17, 15) is 10.2 Å². The normalized spacial score (nSPS) is 11.9. The predicted molar refractivity (Wildman–Crippen MR) is 122 cm³/mol. The van der Waals surface area contributed by atoms with Crippen LogP contribution in [0.15, 0.2) is 12.2 Å². The number of nitrogens with one attached hydrogen (secondary N) is 1. The molecule has 0 aliphatic heterocycles. The summed E-state index contributed by atoms with van der Waals surface area (Å²) in [5.41, 5.74) is -0.0806. The second-order valence-electron chi connectivity index (χ2n) is 7.81. The summed E-state index contributed by atoms with van der Waals surface area (Å²) in [5.74, 6) is 0. The van der Waals surface area contributed by atoms with Gasteiger partial charge >= 0.3 is 0 Å². The summed E-state index contributed by atoms with van der Waals surface area (Å²) in [7, 11) is 1.95. The SMILES string of the molecule is CCCCCCCC/C=C\CCCCCCCC(CCO)(CCO)NC.Cl. The summed E-state index contributed by atoms with van der Waals surface area (Å²) in [6.07, 6.45) is 24.4. The highest BCUT2D eigenvalue weighted by Crippen LogP contribution is 2.23. The van der Waals surface area contributed by atoms with E-state index in [1.807, 2.05) is 7.05 Å². The minimum Gasteiger partial charge on any atom is -0.396 e. The van der Waals surface area contributed by atoms with Crippen molar-refractivity contribution in [3.8, 4) is 0 Å². The van der Waals surface area contributed by atoms with E-state index < -0.39 is 0 Å². The molecule has 0 aromatic heterocycles. The van der Waals surface area contributed by atoms with Crippen molar-refractivity contribution in [1.29, 1.82) is 0 Å². The molecule has 0 aromatic rings. The average Bonchev–Trinajstić information content (AvgIpc) is 2.65. The first kappa shape index (κ1) is 29.1. The van der Waals surface area contributed by atoms with Gasteiger partial charge in [0.25, 0.3) is 0 Å². The summed E-state index contributed by atoms with van der Waals surface area (Å²) in [6.45, 7) is 2.64. The molecule has 0 aliphatic rings. The first-order valence-corrected chi connectivity index (χ1v) is 11.3. The standard InChI is InChI=1S/C23H47NO2.ClH/c1-3-4-5-6-7-8-9-10-11-12-13-14-15-16-17-18-23(24-2,19-21-25)20-22-26;/h10-11,24-26H,3-9,12-22H2,1-2H3;1H/b11-10-;. The van der Waals surface area contributed by atoms with Gasteiger partial charge in [-0.1, -0.05) is 76.9 Å². The van der Waals surface area contributed by atoms with Crippen LogP contribution in [0.2, 0.25) is 0 Å². The zero-order valence-corrected chi connectivity index (χ0v) is 19.0. The number of hydrogen-bond donors (Lipinski definition) is 3. The van der Waals surface area contributed by atoms with Gasteiger partial charge < -0.3 is 15.5 Å². The number of allylic oxidation sites excluding steroid dienone is 2. The molecule has 164 valence electrons. The Hall–Kier alpha value is -0.0900. The lowest BCUT2D eigenvalue weighted by molar-refractivity contribution is 0.160. The molecular formula is C23H48ClNO2. The van der Waals surface area contributed by atoms with Gasteiger partial charge in [0, 0.05) is 18.8 Å². The minimum absolute atomic E-state index is 0. The molecule has 0 heterocycles. The summed E-state index contributed by atoms with van der Waals surface area (Å²) < 4.78 is 0. The third-order valence-electron chi connectivity index (χ3n) is 5.63. The number of rotatable bonds is 20. The van der Waals surface area contributed by atoms with Crippen molar-refractivity contribution in [2.75, 3.05) is 20.3 Å². The predicted octanol–water partition coefficient (Wildman–Crippen LogP) is 6.17. The first-order valence-electron chi connectivity index (χ1n) is 11.3. The molecule has 0 unspecified atom stereocenters. The molecule has 0 spiro atoms. The van der Waals surface area contributed by atoms with E-state index in [-0.39, 0.29) is 31.2 Å². The zero-order chi connectivity index (χ0) is 19.3. The Morgan fingerprint density at radius 2 is 1.11 bits per heavy atom. The van der Waals surface area contributed by atoms with Crippen molar-refractivity contribution in [3.05, 3.63) is 12.2 Å². The van der Waals surface area contributed by atoms with Crippen LogP contribution in [0.25, 0.3) is 0 Å². The van der Waals surface area contributed by atoms with Crippen LogP contribution in [0.4, 0.5) is 0 Å². The smallest absolute Gasteiger partial charge is 0.0448 e. The van der Waals surface area contributed by atoms with Gasteiger partial charge in [0.05, 0.1) is 0 Å². The molecule has 27 heavy (non-hydrogen) atoms. The molecule has 0 aromatic carbocycles. The van der Waals surface area contributed by atoms with Gasteiger partial charge in [0.15, 0.2) is 0 Å². The van der Waals surface area contributed by atoms with Gasteiger partial charge in [-0.05, 0) is 52.0 Å². The fourth-order valence-electron chi connectivity index (χ4n) is 3.71. The summed E-state index contributed by atoms with van der Waals surface area (Å²) in [6, 6.07) is 0. The molecule has 3 nitrogen and oxygen atoms in total. The van der Waals surface area contributed by atoms with E-state index in [0.717, 1.165) is 19.3 Å². The number of aliphatic hydroxyl groups excluding tert-OH is 2. The third kappa shape index (κ3) is 17.7. The van der Waals surface area contributed by atoms with Crippen molar-refractivity contribution < 1.29 is 10.2 Å². The topological polar surface area (TPSA) is 52.5 Å². The van der Waals surface area contributed by atoms with Crippen molar-refractivity contribution in [1.82, 2.24) is 5.32 Å². The molecule has 0 radical (unpaired) electrons. The average molecular weight is 406 g/mol. The minimum atomic E-state index is -0.0806. The Morgan fingerprint density at radius 1 is 0.667 bits per heavy atom. The van der Waals surface area contributed by atoms with E-state index in [2.05, 4.69) is 24.4 Å². The molecule has 0 saturated carbocycles. The van der Waals surface area contributed by atoms with Gasteiger partial charge in [0.2, 0.25) is 0 Å². The highest BCUT2D eigenvalue weighted by atomic mass is 35.5. The Balaban J connectivity index is 0. The molecule has 4 heteroatoms. The number of hydrogen-bond acceptors (Lipinski definition) is 3. The van der Waals surface area contributed by atoms with Crippen LogP contribution >= 0.6 is 12.4 Å². The monoisotopic (exact) mass is 405 g/mol.